The van der Waals surface area contributed by atoms with Crippen molar-refractivity contribution in [2.75, 3.05) is 6.54 Å². The van der Waals surface area contributed by atoms with Crippen molar-refractivity contribution in [3.63, 3.8) is 0 Å². The largest absolute Gasteiger partial charge is 0.389 e. The van der Waals surface area contributed by atoms with Crippen LogP contribution in [0.25, 0.3) is 0 Å². The molecule has 17 heavy (non-hydrogen) atoms. The van der Waals surface area contributed by atoms with Gasteiger partial charge in [0.05, 0.1) is 5.69 Å². The molecule has 0 saturated carbocycles. The minimum atomic E-state index is -4.04. The molecule has 1 unspecified atom stereocenters. The van der Waals surface area contributed by atoms with Crippen LogP contribution >= 0.6 is 0 Å². The van der Waals surface area contributed by atoms with Crippen molar-refractivity contribution >= 4 is 0 Å². The number of pyridine rings is 1. The van der Waals surface area contributed by atoms with Crippen LogP contribution in [-0.4, -0.2) is 17.7 Å². The standard InChI is InChI=1S/C12H17F3N2/c1-10(11-6-2-4-9-17-11)16-8-5-3-7-12(13,14)15/h2,4,6,9-10,16H,3,5,7-8H2,1H3. The van der Waals surface area contributed by atoms with Gasteiger partial charge in [-0.2, -0.15) is 13.2 Å². The van der Waals surface area contributed by atoms with Crippen LogP contribution in [0.5, 0.6) is 0 Å². The topological polar surface area (TPSA) is 24.9 Å². The Morgan fingerprint density at radius 1 is 1.29 bits per heavy atom. The number of alkyl halides is 3. The first-order valence-corrected chi connectivity index (χ1v) is 5.70. The molecular formula is C12H17F3N2. The van der Waals surface area contributed by atoms with E-state index in [9.17, 15) is 13.2 Å². The van der Waals surface area contributed by atoms with Crippen LogP contribution in [0.15, 0.2) is 24.4 Å². The summed E-state index contributed by atoms with van der Waals surface area (Å²) in [7, 11) is 0. The molecule has 0 saturated heterocycles. The number of unbranched alkanes of at least 4 members (excludes halogenated alkanes) is 1. The van der Waals surface area contributed by atoms with Gasteiger partial charge in [0.25, 0.3) is 0 Å². The summed E-state index contributed by atoms with van der Waals surface area (Å²) in [4.78, 5) is 4.17. The number of aromatic nitrogens is 1. The zero-order valence-corrected chi connectivity index (χ0v) is 9.80. The van der Waals surface area contributed by atoms with E-state index in [2.05, 4.69) is 10.3 Å². The molecule has 2 nitrogen and oxygen atoms in total. The van der Waals surface area contributed by atoms with Crippen molar-refractivity contribution in [1.29, 1.82) is 0 Å². The Kier molecular flexibility index (Phi) is 5.41. The molecule has 1 atom stereocenters. The molecule has 0 spiro atoms. The predicted octanol–water partition coefficient (Wildman–Crippen LogP) is 3.46. The average molecular weight is 246 g/mol. The summed E-state index contributed by atoms with van der Waals surface area (Å²) in [6, 6.07) is 5.69. The lowest BCUT2D eigenvalue weighted by Gasteiger charge is -2.13. The second-order valence-electron chi connectivity index (χ2n) is 4.00. The van der Waals surface area contributed by atoms with Crippen LogP contribution in [0.4, 0.5) is 13.2 Å². The maximum Gasteiger partial charge on any atom is 0.389 e. The third kappa shape index (κ3) is 6.26. The summed E-state index contributed by atoms with van der Waals surface area (Å²) in [5, 5.41) is 3.16. The third-order valence-corrected chi connectivity index (χ3v) is 2.47. The van der Waals surface area contributed by atoms with Gasteiger partial charge < -0.3 is 5.32 Å². The van der Waals surface area contributed by atoms with E-state index >= 15 is 0 Å². The van der Waals surface area contributed by atoms with Gasteiger partial charge in [0.2, 0.25) is 0 Å². The minimum absolute atomic E-state index is 0.0714. The van der Waals surface area contributed by atoms with Crippen molar-refractivity contribution in [3.05, 3.63) is 30.1 Å². The highest BCUT2D eigenvalue weighted by Gasteiger charge is 2.25. The Labute approximate surface area is 99.3 Å². The summed E-state index contributed by atoms with van der Waals surface area (Å²) in [5.74, 6) is 0. The highest BCUT2D eigenvalue weighted by molar-refractivity contribution is 5.07. The van der Waals surface area contributed by atoms with Gasteiger partial charge in [0, 0.05) is 18.7 Å². The van der Waals surface area contributed by atoms with Crippen LogP contribution in [0, 0.1) is 0 Å². The molecule has 1 aromatic heterocycles. The Balaban J connectivity index is 2.15. The molecule has 0 radical (unpaired) electrons. The average Bonchev–Trinajstić information content (AvgIpc) is 2.28. The Morgan fingerprint density at radius 2 is 2.06 bits per heavy atom. The van der Waals surface area contributed by atoms with Crippen LogP contribution in [0.2, 0.25) is 0 Å². The molecule has 0 amide bonds. The zero-order valence-electron chi connectivity index (χ0n) is 9.80. The molecule has 0 bridgehead atoms. The van der Waals surface area contributed by atoms with E-state index in [0.717, 1.165) is 5.69 Å². The van der Waals surface area contributed by atoms with E-state index in [0.29, 0.717) is 13.0 Å². The first kappa shape index (κ1) is 14.0. The van der Waals surface area contributed by atoms with Crippen molar-refractivity contribution in [3.8, 4) is 0 Å². The molecule has 1 heterocycles. The van der Waals surface area contributed by atoms with Gasteiger partial charge in [-0.25, -0.2) is 0 Å². The molecule has 1 rings (SSSR count). The highest BCUT2D eigenvalue weighted by atomic mass is 19.4. The molecule has 0 aliphatic heterocycles. The van der Waals surface area contributed by atoms with Gasteiger partial charge in [0.15, 0.2) is 0 Å². The van der Waals surface area contributed by atoms with Crippen molar-refractivity contribution < 1.29 is 13.2 Å². The van der Waals surface area contributed by atoms with E-state index in [-0.39, 0.29) is 12.5 Å². The number of hydrogen-bond donors (Lipinski definition) is 1. The van der Waals surface area contributed by atoms with E-state index in [1.807, 2.05) is 25.1 Å². The van der Waals surface area contributed by atoms with Crippen molar-refractivity contribution in [2.24, 2.45) is 0 Å². The zero-order chi connectivity index (χ0) is 12.7. The van der Waals surface area contributed by atoms with Crippen LogP contribution in [0.3, 0.4) is 0 Å². The lowest BCUT2D eigenvalue weighted by Crippen LogP contribution is -2.21. The molecule has 0 aromatic carbocycles. The van der Waals surface area contributed by atoms with Gasteiger partial charge in [-0.15, -0.1) is 0 Å². The van der Waals surface area contributed by atoms with Crippen LogP contribution in [-0.2, 0) is 0 Å². The number of halogens is 3. The quantitative estimate of drug-likeness (QED) is 0.777. The van der Waals surface area contributed by atoms with Crippen LogP contribution < -0.4 is 5.32 Å². The van der Waals surface area contributed by atoms with E-state index in [1.54, 1.807) is 6.20 Å². The fourth-order valence-electron chi connectivity index (χ4n) is 1.51. The second kappa shape index (κ2) is 6.59. The second-order valence-corrected chi connectivity index (χ2v) is 4.00. The van der Waals surface area contributed by atoms with E-state index in [1.165, 1.54) is 0 Å². The monoisotopic (exact) mass is 246 g/mol. The SMILES string of the molecule is CC(NCCCCC(F)(F)F)c1ccccn1. The fraction of sp³-hybridized carbons (Fsp3) is 0.583. The number of hydrogen-bond acceptors (Lipinski definition) is 2. The lowest BCUT2D eigenvalue weighted by molar-refractivity contribution is -0.135. The summed E-state index contributed by atoms with van der Waals surface area (Å²) in [5.41, 5.74) is 0.906. The Bertz CT molecular complexity index is 311. The summed E-state index contributed by atoms with van der Waals surface area (Å²) in [6.45, 7) is 2.53. The minimum Gasteiger partial charge on any atom is -0.309 e. The summed E-state index contributed by atoms with van der Waals surface area (Å²) < 4.78 is 35.6. The van der Waals surface area contributed by atoms with Gasteiger partial charge in [-0.05, 0) is 38.4 Å². The Morgan fingerprint density at radius 3 is 2.65 bits per heavy atom. The summed E-state index contributed by atoms with van der Waals surface area (Å²) in [6.07, 6.45) is -2.33. The molecule has 96 valence electrons. The molecule has 1 N–H and O–H groups in total. The smallest absolute Gasteiger partial charge is 0.309 e. The number of rotatable bonds is 6. The first-order valence-electron chi connectivity index (χ1n) is 5.70. The van der Waals surface area contributed by atoms with Gasteiger partial charge in [-0.1, -0.05) is 6.07 Å². The first-order chi connectivity index (χ1) is 7.99. The normalized spacial score (nSPS) is 13.6. The molecule has 0 aliphatic rings. The Hall–Kier alpha value is -1.10. The fourth-order valence-corrected chi connectivity index (χ4v) is 1.51. The van der Waals surface area contributed by atoms with Crippen LogP contribution in [0.1, 0.15) is 37.9 Å². The van der Waals surface area contributed by atoms with Crippen molar-refractivity contribution in [1.82, 2.24) is 10.3 Å². The van der Waals surface area contributed by atoms with Crippen molar-refractivity contribution in [2.45, 2.75) is 38.4 Å². The number of nitrogens with one attached hydrogen (secondary N) is 1. The maximum absolute atomic E-state index is 11.9. The van der Waals surface area contributed by atoms with E-state index < -0.39 is 12.6 Å². The maximum atomic E-state index is 11.9. The predicted molar refractivity (Wildman–Crippen MR) is 60.6 cm³/mol. The molecule has 0 fully saturated rings. The molecule has 0 aliphatic carbocycles. The summed E-state index contributed by atoms with van der Waals surface area (Å²) >= 11 is 0. The van der Waals surface area contributed by atoms with E-state index in [4.69, 9.17) is 0 Å². The number of nitrogens with zero attached hydrogens (tertiary/aromatic N) is 1. The van der Waals surface area contributed by atoms with Gasteiger partial charge in [-0.3, -0.25) is 4.98 Å². The molecule has 5 heteroatoms. The molecular weight excluding hydrogens is 229 g/mol. The molecule has 1 aromatic rings. The third-order valence-electron chi connectivity index (χ3n) is 2.47. The lowest BCUT2D eigenvalue weighted by atomic mass is 10.2. The highest BCUT2D eigenvalue weighted by Crippen LogP contribution is 2.22. The van der Waals surface area contributed by atoms with Gasteiger partial charge in [0.1, 0.15) is 0 Å². The van der Waals surface area contributed by atoms with Gasteiger partial charge >= 0.3 is 6.18 Å².